The van der Waals surface area contributed by atoms with Crippen molar-refractivity contribution in [1.82, 2.24) is 24.6 Å². The van der Waals surface area contributed by atoms with Crippen LogP contribution in [0.5, 0.6) is 0 Å². The van der Waals surface area contributed by atoms with Gasteiger partial charge in [-0.1, -0.05) is 17.7 Å². The predicted molar refractivity (Wildman–Crippen MR) is 112 cm³/mol. The molecule has 2 aromatic heterocycles. The minimum absolute atomic E-state index is 0.126. The average molecular weight is 415 g/mol. The summed E-state index contributed by atoms with van der Waals surface area (Å²) in [4.78, 5) is 11.2. The fourth-order valence-corrected chi connectivity index (χ4v) is 4.22. The lowest BCUT2D eigenvalue weighted by Crippen LogP contribution is -2.25. The molecule has 1 N–H and O–H groups in total. The number of benzene rings is 1. The summed E-state index contributed by atoms with van der Waals surface area (Å²) < 4.78 is 15.8. The van der Waals surface area contributed by atoms with Crippen LogP contribution in [0.2, 0.25) is 5.02 Å². The maximum Gasteiger partial charge on any atom is 0.174 e. The third-order valence-corrected chi connectivity index (χ3v) is 5.76. The van der Waals surface area contributed by atoms with Crippen molar-refractivity contribution in [2.45, 2.75) is 26.3 Å². The molecule has 0 amide bonds. The lowest BCUT2D eigenvalue weighted by molar-refractivity contribution is 0.281. The van der Waals surface area contributed by atoms with Gasteiger partial charge in [0.25, 0.3) is 0 Å². The summed E-state index contributed by atoms with van der Waals surface area (Å²) in [7, 11) is 2.07. The zero-order valence-electron chi connectivity index (χ0n) is 16.7. The number of rotatable bonds is 5. The minimum Gasteiger partial charge on any atom is -0.368 e. The third-order valence-electron chi connectivity index (χ3n) is 5.45. The normalized spacial score (nSPS) is 19.6. The van der Waals surface area contributed by atoms with Gasteiger partial charge in [-0.3, -0.25) is 9.88 Å². The molecule has 8 heteroatoms. The van der Waals surface area contributed by atoms with Crippen LogP contribution in [0, 0.1) is 25.6 Å². The van der Waals surface area contributed by atoms with Gasteiger partial charge in [-0.15, -0.1) is 0 Å². The Morgan fingerprint density at radius 3 is 2.79 bits per heavy atom. The van der Waals surface area contributed by atoms with Gasteiger partial charge in [0.05, 0.1) is 23.1 Å². The standard InChI is InChI=1S/C21H24ClFN6/c1-13-8-14(2)29(27-13)20-12-24-11-19(26-20)25-10-16-6-7-28(3)21(16)15-4-5-17(22)18(23)9-15/h4-5,8-9,11-12,16,21H,6-7,10H2,1-3H3,(H,25,26). The van der Waals surface area contributed by atoms with Gasteiger partial charge in [0.2, 0.25) is 0 Å². The predicted octanol–water partition coefficient (Wildman–Crippen LogP) is 4.18. The monoisotopic (exact) mass is 414 g/mol. The zero-order chi connectivity index (χ0) is 20.5. The summed E-state index contributed by atoms with van der Waals surface area (Å²) >= 11 is 5.86. The second kappa shape index (κ2) is 8.08. The molecular weight excluding hydrogens is 391 g/mol. The molecule has 0 radical (unpaired) electrons. The van der Waals surface area contributed by atoms with Crippen LogP contribution in [0.15, 0.2) is 36.7 Å². The van der Waals surface area contributed by atoms with Gasteiger partial charge in [0, 0.05) is 18.3 Å². The lowest BCUT2D eigenvalue weighted by atomic mass is 9.93. The van der Waals surface area contributed by atoms with Gasteiger partial charge in [-0.2, -0.15) is 5.10 Å². The molecule has 1 fully saturated rings. The molecule has 1 aliphatic heterocycles. The number of likely N-dealkylation sites (tertiary alicyclic amines) is 1. The van der Waals surface area contributed by atoms with Gasteiger partial charge >= 0.3 is 0 Å². The van der Waals surface area contributed by atoms with Gasteiger partial charge in [-0.25, -0.2) is 14.1 Å². The minimum atomic E-state index is -0.375. The van der Waals surface area contributed by atoms with Crippen molar-refractivity contribution in [2.75, 3.05) is 25.5 Å². The fourth-order valence-electron chi connectivity index (χ4n) is 4.10. The maximum atomic E-state index is 14.0. The molecule has 2 atom stereocenters. The van der Waals surface area contributed by atoms with E-state index in [1.54, 1.807) is 29.2 Å². The van der Waals surface area contributed by atoms with E-state index in [1.807, 2.05) is 26.0 Å². The zero-order valence-corrected chi connectivity index (χ0v) is 17.5. The lowest BCUT2D eigenvalue weighted by Gasteiger charge is -2.26. The highest BCUT2D eigenvalue weighted by Gasteiger charge is 2.33. The molecule has 6 nitrogen and oxygen atoms in total. The van der Waals surface area contributed by atoms with Gasteiger partial charge in [0.1, 0.15) is 11.6 Å². The summed E-state index contributed by atoms with van der Waals surface area (Å²) in [5, 5.41) is 8.03. The van der Waals surface area contributed by atoms with Crippen molar-refractivity contribution in [3.8, 4) is 5.82 Å². The Morgan fingerprint density at radius 1 is 1.24 bits per heavy atom. The van der Waals surface area contributed by atoms with Crippen LogP contribution in [-0.2, 0) is 0 Å². The van der Waals surface area contributed by atoms with Crippen molar-refractivity contribution >= 4 is 17.4 Å². The van der Waals surface area contributed by atoms with Crippen LogP contribution < -0.4 is 5.32 Å². The Labute approximate surface area is 174 Å². The molecule has 0 saturated carbocycles. The van der Waals surface area contributed by atoms with Gasteiger partial charge < -0.3 is 5.32 Å². The maximum absolute atomic E-state index is 14.0. The molecule has 3 aromatic rings. The van der Waals surface area contributed by atoms with Crippen LogP contribution in [0.25, 0.3) is 5.82 Å². The topological polar surface area (TPSA) is 58.9 Å². The molecule has 152 valence electrons. The quantitative estimate of drug-likeness (QED) is 0.678. The molecule has 1 aliphatic rings. The highest BCUT2D eigenvalue weighted by atomic mass is 35.5. The van der Waals surface area contributed by atoms with Crippen LogP contribution in [0.1, 0.15) is 29.4 Å². The van der Waals surface area contributed by atoms with E-state index in [9.17, 15) is 4.39 Å². The Hall–Kier alpha value is -2.51. The van der Waals surface area contributed by atoms with Crippen LogP contribution in [0.4, 0.5) is 10.2 Å². The van der Waals surface area contributed by atoms with Crippen LogP contribution in [-0.4, -0.2) is 44.8 Å². The largest absolute Gasteiger partial charge is 0.368 e. The average Bonchev–Trinajstić information content (AvgIpc) is 3.24. The number of nitrogens with zero attached hydrogens (tertiary/aromatic N) is 5. The molecule has 3 heterocycles. The van der Waals surface area contributed by atoms with E-state index < -0.39 is 0 Å². The molecule has 1 saturated heterocycles. The van der Waals surface area contributed by atoms with Crippen LogP contribution >= 0.6 is 11.6 Å². The second-order valence-electron chi connectivity index (χ2n) is 7.63. The fraction of sp³-hybridized carbons (Fsp3) is 0.381. The number of anilines is 1. The Kier molecular flexibility index (Phi) is 5.52. The number of nitrogens with one attached hydrogen (secondary N) is 1. The van der Waals surface area contributed by atoms with Gasteiger partial charge in [-0.05, 0) is 63.5 Å². The molecule has 0 aliphatic carbocycles. The van der Waals surface area contributed by atoms with E-state index in [0.29, 0.717) is 24.1 Å². The summed E-state index contributed by atoms with van der Waals surface area (Å²) in [6.07, 6.45) is 4.43. The molecular formula is C21H24ClFN6. The SMILES string of the molecule is Cc1cc(C)n(-c2cncc(NCC3CCN(C)C3c3ccc(Cl)c(F)c3)n2)n1. The Balaban J connectivity index is 1.50. The first kappa shape index (κ1) is 19.8. The molecule has 0 bridgehead atoms. The molecule has 29 heavy (non-hydrogen) atoms. The van der Waals surface area contributed by atoms with E-state index in [0.717, 1.165) is 29.9 Å². The molecule has 2 unspecified atom stereocenters. The summed E-state index contributed by atoms with van der Waals surface area (Å²) in [6.45, 7) is 5.62. The number of hydrogen-bond acceptors (Lipinski definition) is 5. The van der Waals surface area contributed by atoms with Gasteiger partial charge in [0.15, 0.2) is 5.82 Å². The second-order valence-corrected chi connectivity index (χ2v) is 8.04. The number of hydrogen-bond donors (Lipinski definition) is 1. The van der Waals surface area contributed by atoms with E-state index in [4.69, 9.17) is 11.6 Å². The number of aromatic nitrogens is 4. The highest BCUT2D eigenvalue weighted by Crippen LogP contribution is 2.37. The number of halogens is 2. The highest BCUT2D eigenvalue weighted by molar-refractivity contribution is 6.30. The summed E-state index contributed by atoms with van der Waals surface area (Å²) in [6, 6.07) is 7.22. The molecule has 1 aromatic carbocycles. The van der Waals surface area contributed by atoms with E-state index in [1.165, 1.54) is 0 Å². The van der Waals surface area contributed by atoms with Crippen molar-refractivity contribution in [3.63, 3.8) is 0 Å². The van der Waals surface area contributed by atoms with Crippen molar-refractivity contribution in [2.24, 2.45) is 5.92 Å². The number of aryl methyl sites for hydroxylation is 2. The third kappa shape index (κ3) is 4.11. The van der Waals surface area contributed by atoms with E-state index >= 15 is 0 Å². The first-order valence-electron chi connectivity index (χ1n) is 9.67. The molecule has 0 spiro atoms. The van der Waals surface area contributed by atoms with E-state index in [-0.39, 0.29) is 16.9 Å². The Bertz CT molecular complexity index is 1020. The van der Waals surface area contributed by atoms with Crippen molar-refractivity contribution in [3.05, 3.63) is 64.5 Å². The summed E-state index contributed by atoms with van der Waals surface area (Å²) in [5.41, 5.74) is 2.90. The first-order chi connectivity index (χ1) is 13.9. The van der Waals surface area contributed by atoms with Crippen molar-refractivity contribution < 1.29 is 4.39 Å². The first-order valence-corrected chi connectivity index (χ1v) is 10.0. The molecule has 4 rings (SSSR count). The van der Waals surface area contributed by atoms with Crippen molar-refractivity contribution in [1.29, 1.82) is 0 Å². The van der Waals surface area contributed by atoms with E-state index in [2.05, 4.69) is 32.3 Å². The summed E-state index contributed by atoms with van der Waals surface area (Å²) in [5.74, 6) is 1.32. The Morgan fingerprint density at radius 2 is 2.07 bits per heavy atom. The van der Waals surface area contributed by atoms with Crippen LogP contribution in [0.3, 0.4) is 0 Å². The smallest absolute Gasteiger partial charge is 0.174 e.